The summed E-state index contributed by atoms with van der Waals surface area (Å²) in [6, 6.07) is 0. The van der Waals surface area contributed by atoms with E-state index < -0.39 is 5.91 Å². The number of nitrogens with one attached hydrogen (secondary N) is 2. The standard InChI is InChI=1S/C16H19Cl3N4O/c17-11-13(20)12(18)15(19)21-14(11)16(24)23-22-10-6-5-8-3-1-2-4-9(8)7-10/h8-9H,1-7H2,(H2,20,21)(H,23,24)/p+1/b22-10+/t8-,9-/m1/s1. The molecule has 24 heavy (non-hydrogen) atoms. The van der Waals surface area contributed by atoms with Gasteiger partial charge in [-0.3, -0.25) is 4.79 Å². The number of nitrogens with two attached hydrogens (primary N) is 1. The number of rotatable bonds is 2. The summed E-state index contributed by atoms with van der Waals surface area (Å²) in [6.07, 6.45) is 8.30. The van der Waals surface area contributed by atoms with E-state index in [0.29, 0.717) is 5.92 Å². The van der Waals surface area contributed by atoms with Crippen molar-refractivity contribution in [1.82, 2.24) is 5.43 Å². The molecule has 0 bridgehead atoms. The first-order valence-corrected chi connectivity index (χ1v) is 9.31. The Balaban J connectivity index is 1.69. The highest BCUT2D eigenvalue weighted by Crippen LogP contribution is 2.39. The Kier molecular flexibility index (Phi) is 5.52. The SMILES string of the molecule is Nc1c(Cl)c(Cl)[nH+]c(C(=O)N/N=C2\CC[C@H]3CCCC[C@@H]3C2)c1Cl. The number of hydrogen-bond donors (Lipinski definition) is 2. The molecule has 2 aliphatic carbocycles. The number of H-pyrrole nitrogens is 1. The summed E-state index contributed by atoms with van der Waals surface area (Å²) in [7, 11) is 0. The maximum Gasteiger partial charge on any atom is 0.337 e. The van der Waals surface area contributed by atoms with Crippen LogP contribution in [-0.4, -0.2) is 11.6 Å². The van der Waals surface area contributed by atoms with Gasteiger partial charge < -0.3 is 5.73 Å². The van der Waals surface area contributed by atoms with E-state index in [9.17, 15) is 4.79 Å². The maximum atomic E-state index is 12.3. The Hall–Kier alpha value is -1.04. The lowest BCUT2D eigenvalue weighted by molar-refractivity contribution is -0.379. The minimum absolute atomic E-state index is 0.0399. The first kappa shape index (κ1) is 17.8. The van der Waals surface area contributed by atoms with Crippen LogP contribution in [0.4, 0.5) is 5.69 Å². The highest BCUT2D eigenvalue weighted by Gasteiger charge is 2.31. The van der Waals surface area contributed by atoms with Gasteiger partial charge in [0.15, 0.2) is 0 Å². The van der Waals surface area contributed by atoms with Crippen LogP contribution in [-0.2, 0) is 0 Å². The molecule has 2 aliphatic rings. The van der Waals surface area contributed by atoms with Crippen LogP contribution in [0.3, 0.4) is 0 Å². The van der Waals surface area contributed by atoms with E-state index in [1.807, 2.05) is 0 Å². The third kappa shape index (κ3) is 3.63. The lowest BCUT2D eigenvalue weighted by Crippen LogP contribution is -2.32. The molecule has 130 valence electrons. The van der Waals surface area contributed by atoms with E-state index in [1.54, 1.807) is 0 Å². The molecule has 1 amide bonds. The average molecular weight is 391 g/mol. The van der Waals surface area contributed by atoms with Gasteiger partial charge in [-0.05, 0) is 49.1 Å². The summed E-state index contributed by atoms with van der Waals surface area (Å²) in [6.45, 7) is 0. The lowest BCUT2D eigenvalue weighted by atomic mass is 9.70. The molecule has 1 heterocycles. The van der Waals surface area contributed by atoms with E-state index in [4.69, 9.17) is 40.5 Å². The van der Waals surface area contributed by atoms with Gasteiger partial charge in [0.1, 0.15) is 10.0 Å². The Morgan fingerprint density at radius 1 is 1.12 bits per heavy atom. The van der Waals surface area contributed by atoms with E-state index in [-0.39, 0.29) is 26.6 Å². The third-order valence-electron chi connectivity index (χ3n) is 5.03. The van der Waals surface area contributed by atoms with Crippen molar-refractivity contribution in [3.05, 3.63) is 20.9 Å². The van der Waals surface area contributed by atoms with Crippen LogP contribution >= 0.6 is 34.8 Å². The van der Waals surface area contributed by atoms with Gasteiger partial charge in [0, 0.05) is 5.71 Å². The molecule has 0 spiro atoms. The van der Waals surface area contributed by atoms with Crippen LogP contribution < -0.4 is 16.1 Å². The molecule has 0 unspecified atom stereocenters. The number of amides is 1. The summed E-state index contributed by atoms with van der Waals surface area (Å²) >= 11 is 17.9. The van der Waals surface area contributed by atoms with Crippen LogP contribution in [0.5, 0.6) is 0 Å². The molecular formula is C16H20Cl3N4O+. The average Bonchev–Trinajstić information content (AvgIpc) is 2.60. The van der Waals surface area contributed by atoms with Gasteiger partial charge in [-0.25, -0.2) is 5.43 Å². The molecule has 0 aliphatic heterocycles. The molecule has 1 aromatic heterocycles. The third-order valence-corrected chi connectivity index (χ3v) is 6.20. The van der Waals surface area contributed by atoms with Gasteiger partial charge in [-0.15, -0.1) is 0 Å². The number of carbonyl (C=O) groups excluding carboxylic acids is 1. The second kappa shape index (κ2) is 7.46. The van der Waals surface area contributed by atoms with Crippen LogP contribution in [0.25, 0.3) is 0 Å². The Bertz CT molecular complexity index is 692. The number of aromatic nitrogens is 1. The Morgan fingerprint density at radius 3 is 2.58 bits per heavy atom. The molecule has 2 fully saturated rings. The van der Waals surface area contributed by atoms with Crippen molar-refractivity contribution < 1.29 is 9.78 Å². The zero-order chi connectivity index (χ0) is 17.3. The molecule has 2 saturated carbocycles. The summed E-state index contributed by atoms with van der Waals surface area (Å²) in [5.74, 6) is 1.05. The number of hydrogen-bond acceptors (Lipinski definition) is 3. The first-order chi connectivity index (χ1) is 11.5. The molecule has 4 N–H and O–H groups in total. The normalized spacial score (nSPS) is 25.4. The van der Waals surface area contributed by atoms with Crippen molar-refractivity contribution in [2.45, 2.75) is 44.9 Å². The monoisotopic (exact) mass is 389 g/mol. The summed E-state index contributed by atoms with van der Waals surface area (Å²) in [4.78, 5) is 15.0. The van der Waals surface area contributed by atoms with Crippen molar-refractivity contribution >= 4 is 52.1 Å². The number of fused-ring (bicyclic) bond motifs is 1. The summed E-state index contributed by atoms with van der Waals surface area (Å²) in [5, 5.41) is 4.50. The van der Waals surface area contributed by atoms with Crippen molar-refractivity contribution in [3.63, 3.8) is 0 Å². The number of hydrazone groups is 1. The number of halogens is 3. The van der Waals surface area contributed by atoms with Crippen LogP contribution in [0.15, 0.2) is 5.10 Å². The van der Waals surface area contributed by atoms with E-state index in [1.165, 1.54) is 25.7 Å². The topological polar surface area (TPSA) is 81.6 Å². The number of nitrogen functional groups attached to an aromatic ring is 1. The van der Waals surface area contributed by atoms with Crippen LogP contribution in [0, 0.1) is 11.8 Å². The fraction of sp³-hybridized carbons (Fsp3) is 0.562. The van der Waals surface area contributed by atoms with Crippen LogP contribution in [0.1, 0.15) is 55.4 Å². The smallest absolute Gasteiger partial charge is 0.337 e. The maximum absolute atomic E-state index is 12.3. The van der Waals surface area contributed by atoms with Crippen molar-refractivity contribution in [2.75, 3.05) is 5.73 Å². The van der Waals surface area contributed by atoms with Crippen LogP contribution in [0.2, 0.25) is 15.2 Å². The first-order valence-electron chi connectivity index (χ1n) is 8.18. The second-order valence-corrected chi connectivity index (χ2v) is 7.66. The number of carbonyl (C=O) groups is 1. The lowest BCUT2D eigenvalue weighted by Gasteiger charge is -2.35. The summed E-state index contributed by atoms with van der Waals surface area (Å²) in [5.41, 5.74) is 9.47. The van der Waals surface area contributed by atoms with Gasteiger partial charge in [0.25, 0.3) is 10.8 Å². The zero-order valence-corrected chi connectivity index (χ0v) is 15.4. The van der Waals surface area contributed by atoms with E-state index in [2.05, 4.69) is 15.5 Å². The molecule has 5 nitrogen and oxygen atoms in total. The molecule has 0 aromatic carbocycles. The zero-order valence-electron chi connectivity index (χ0n) is 13.2. The molecule has 1 aromatic rings. The molecule has 2 atom stereocenters. The van der Waals surface area contributed by atoms with Crippen molar-refractivity contribution in [2.24, 2.45) is 16.9 Å². The van der Waals surface area contributed by atoms with Crippen molar-refractivity contribution in [1.29, 1.82) is 0 Å². The van der Waals surface area contributed by atoms with E-state index in [0.717, 1.165) is 30.9 Å². The number of anilines is 1. The molecule has 8 heteroatoms. The molecule has 0 radical (unpaired) electrons. The minimum Gasteiger partial charge on any atom is -0.396 e. The minimum atomic E-state index is -0.483. The van der Waals surface area contributed by atoms with Gasteiger partial charge in [-0.1, -0.05) is 42.5 Å². The number of nitrogens with zero attached hydrogens (tertiary/aromatic N) is 1. The predicted octanol–water partition coefficient (Wildman–Crippen LogP) is 4.12. The molecule has 3 rings (SSSR count). The van der Waals surface area contributed by atoms with Gasteiger partial charge >= 0.3 is 5.91 Å². The Morgan fingerprint density at radius 2 is 1.83 bits per heavy atom. The molecular weight excluding hydrogens is 371 g/mol. The quantitative estimate of drug-likeness (QED) is 0.588. The number of aromatic amines is 1. The fourth-order valence-electron chi connectivity index (χ4n) is 3.70. The van der Waals surface area contributed by atoms with Gasteiger partial charge in [0.2, 0.25) is 0 Å². The largest absolute Gasteiger partial charge is 0.396 e. The second-order valence-electron chi connectivity index (χ2n) is 6.52. The van der Waals surface area contributed by atoms with Gasteiger partial charge in [-0.2, -0.15) is 10.1 Å². The van der Waals surface area contributed by atoms with Gasteiger partial charge in [0.05, 0.1) is 5.69 Å². The predicted molar refractivity (Wildman–Crippen MR) is 96.6 cm³/mol. The van der Waals surface area contributed by atoms with Crippen molar-refractivity contribution in [3.8, 4) is 0 Å². The highest BCUT2D eigenvalue weighted by atomic mass is 35.5. The van der Waals surface area contributed by atoms with E-state index >= 15 is 0 Å². The fourth-order valence-corrected chi connectivity index (χ4v) is 4.32. The highest BCUT2D eigenvalue weighted by molar-refractivity contribution is 6.45. The Labute approximate surface area is 155 Å². The summed E-state index contributed by atoms with van der Waals surface area (Å²) < 4.78 is 0. The molecule has 0 saturated heterocycles. The number of pyridine rings is 1.